The molecule has 4 rings (SSSR count). The Kier molecular flexibility index (Phi) is 7.66. The van der Waals surface area contributed by atoms with Gasteiger partial charge in [-0.2, -0.15) is 5.10 Å². The number of rotatable bonds is 10. The van der Waals surface area contributed by atoms with Crippen LogP contribution in [0.4, 0.5) is 11.5 Å². The Hall–Kier alpha value is -3.14. The molecule has 34 heavy (non-hydrogen) atoms. The first-order valence-corrected chi connectivity index (χ1v) is 12.7. The van der Waals surface area contributed by atoms with Gasteiger partial charge in [-0.15, -0.1) is 0 Å². The first-order valence-electron chi connectivity index (χ1n) is 11.7. The molecule has 1 aliphatic heterocycles. The first-order chi connectivity index (χ1) is 16.5. The maximum absolute atomic E-state index is 12.7. The summed E-state index contributed by atoms with van der Waals surface area (Å²) in [5, 5.41) is 12.4. The van der Waals surface area contributed by atoms with Gasteiger partial charge in [0.05, 0.1) is 24.0 Å². The van der Waals surface area contributed by atoms with Crippen molar-refractivity contribution in [1.29, 1.82) is 0 Å². The molecule has 2 amide bonds. The van der Waals surface area contributed by atoms with Crippen LogP contribution in [0.2, 0.25) is 0 Å². The number of carbonyl (C=O) groups excluding carboxylic acids is 2. The van der Waals surface area contributed by atoms with E-state index in [0.29, 0.717) is 24.8 Å². The summed E-state index contributed by atoms with van der Waals surface area (Å²) in [5.41, 5.74) is 1.57. The molecule has 1 aliphatic rings. The maximum Gasteiger partial charge on any atom is 0.227 e. The number of benzene rings is 1. The zero-order valence-corrected chi connectivity index (χ0v) is 20.6. The van der Waals surface area contributed by atoms with Gasteiger partial charge in [0.1, 0.15) is 5.82 Å². The number of hydrogen-bond acceptors (Lipinski definition) is 7. The van der Waals surface area contributed by atoms with Crippen molar-refractivity contribution < 1.29 is 9.59 Å². The Morgan fingerprint density at radius 3 is 2.76 bits per heavy atom. The van der Waals surface area contributed by atoms with Crippen molar-refractivity contribution >= 4 is 46.1 Å². The maximum atomic E-state index is 12.7. The van der Waals surface area contributed by atoms with Crippen LogP contribution in [0.1, 0.15) is 33.6 Å². The molecule has 0 bridgehead atoms. The number of thioether (sulfide) groups is 1. The number of nitrogens with zero attached hydrogens (tertiary/aromatic N) is 5. The van der Waals surface area contributed by atoms with Gasteiger partial charge in [0.25, 0.3) is 0 Å². The number of nitrogens with one attached hydrogen (secondary N) is 2. The lowest BCUT2D eigenvalue weighted by molar-refractivity contribution is -0.126. The molecule has 0 aliphatic carbocycles. The summed E-state index contributed by atoms with van der Waals surface area (Å²) < 4.78 is 1.80. The fourth-order valence-corrected chi connectivity index (χ4v) is 4.60. The molecule has 1 fully saturated rings. The van der Waals surface area contributed by atoms with Crippen molar-refractivity contribution in [2.24, 2.45) is 5.92 Å². The highest BCUT2D eigenvalue weighted by atomic mass is 32.2. The number of aromatic nitrogens is 4. The molecule has 180 valence electrons. The van der Waals surface area contributed by atoms with E-state index in [4.69, 9.17) is 4.98 Å². The average Bonchev–Trinajstić information content (AvgIpc) is 3.41. The summed E-state index contributed by atoms with van der Waals surface area (Å²) in [4.78, 5) is 36.2. The standard InChI is InChI=1S/C24H31N7O2S/c1-4-12-34-24-28-21(27-16(2)3)19-14-26-31(22(19)29-24)11-10-25-23(33)17-13-20(32)30(15-17)18-8-6-5-7-9-18/h5-9,14,16-17H,4,10-13,15H2,1-3H3,(H,25,33)(H,27,28,29). The van der Waals surface area contributed by atoms with E-state index in [0.717, 1.165) is 34.7 Å². The van der Waals surface area contributed by atoms with E-state index in [-0.39, 0.29) is 30.2 Å². The summed E-state index contributed by atoms with van der Waals surface area (Å²) in [6, 6.07) is 9.70. The Morgan fingerprint density at radius 1 is 1.24 bits per heavy atom. The topological polar surface area (TPSA) is 105 Å². The van der Waals surface area contributed by atoms with Crippen LogP contribution in [0.15, 0.2) is 41.7 Å². The molecule has 10 heteroatoms. The molecule has 1 unspecified atom stereocenters. The largest absolute Gasteiger partial charge is 0.367 e. The normalized spacial score (nSPS) is 15.9. The quantitative estimate of drug-likeness (QED) is 0.338. The number of anilines is 2. The van der Waals surface area contributed by atoms with Crippen LogP contribution in [0.25, 0.3) is 11.0 Å². The fourth-order valence-electron chi connectivity index (χ4n) is 3.91. The van der Waals surface area contributed by atoms with Crippen molar-refractivity contribution in [2.75, 3.05) is 29.1 Å². The molecule has 0 spiro atoms. The van der Waals surface area contributed by atoms with Crippen LogP contribution in [-0.4, -0.2) is 56.4 Å². The molecule has 0 radical (unpaired) electrons. The minimum absolute atomic E-state index is 0.0246. The van der Waals surface area contributed by atoms with Gasteiger partial charge in [0.15, 0.2) is 10.8 Å². The Balaban J connectivity index is 1.40. The van der Waals surface area contributed by atoms with Crippen LogP contribution in [0, 0.1) is 5.92 Å². The molecule has 1 saturated heterocycles. The molecule has 2 N–H and O–H groups in total. The first kappa shape index (κ1) is 24.0. The van der Waals surface area contributed by atoms with Gasteiger partial charge in [-0.3, -0.25) is 9.59 Å². The Labute approximate surface area is 203 Å². The van der Waals surface area contributed by atoms with E-state index in [2.05, 4.69) is 41.5 Å². The molecule has 3 heterocycles. The van der Waals surface area contributed by atoms with E-state index in [9.17, 15) is 9.59 Å². The van der Waals surface area contributed by atoms with Crippen molar-refractivity contribution in [3.05, 3.63) is 36.5 Å². The molecule has 3 aromatic rings. The number of fused-ring (bicyclic) bond motifs is 1. The second kappa shape index (κ2) is 10.9. The molecule has 9 nitrogen and oxygen atoms in total. The van der Waals surface area contributed by atoms with Gasteiger partial charge in [0, 0.05) is 37.0 Å². The lowest BCUT2D eigenvalue weighted by Crippen LogP contribution is -2.35. The van der Waals surface area contributed by atoms with Crippen molar-refractivity contribution in [1.82, 2.24) is 25.1 Å². The smallest absolute Gasteiger partial charge is 0.227 e. The van der Waals surface area contributed by atoms with Crippen molar-refractivity contribution in [3.63, 3.8) is 0 Å². The monoisotopic (exact) mass is 481 g/mol. The van der Waals surface area contributed by atoms with Gasteiger partial charge >= 0.3 is 0 Å². The number of carbonyl (C=O) groups is 2. The molecular weight excluding hydrogens is 450 g/mol. The molecule has 1 aromatic carbocycles. The molecular formula is C24H31N7O2S. The van der Waals surface area contributed by atoms with Crippen LogP contribution in [0.3, 0.4) is 0 Å². The highest BCUT2D eigenvalue weighted by Crippen LogP contribution is 2.26. The third-order valence-electron chi connectivity index (χ3n) is 5.52. The molecule has 2 aromatic heterocycles. The SMILES string of the molecule is CCCSc1nc(NC(C)C)c2cnn(CCNC(=O)C3CC(=O)N(c4ccccc4)C3)c2n1. The van der Waals surface area contributed by atoms with E-state index in [1.165, 1.54) is 0 Å². The van der Waals surface area contributed by atoms with Crippen LogP contribution in [0.5, 0.6) is 0 Å². The second-order valence-electron chi connectivity index (χ2n) is 8.64. The molecule has 1 atom stereocenters. The number of hydrogen-bond donors (Lipinski definition) is 2. The minimum Gasteiger partial charge on any atom is -0.367 e. The third kappa shape index (κ3) is 5.49. The predicted octanol–water partition coefficient (Wildman–Crippen LogP) is 3.32. The minimum atomic E-state index is -0.358. The van der Waals surface area contributed by atoms with Crippen LogP contribution < -0.4 is 15.5 Å². The highest BCUT2D eigenvalue weighted by Gasteiger charge is 2.34. The second-order valence-corrected chi connectivity index (χ2v) is 9.70. The zero-order chi connectivity index (χ0) is 24.1. The zero-order valence-electron chi connectivity index (χ0n) is 19.8. The van der Waals surface area contributed by atoms with Crippen LogP contribution >= 0.6 is 11.8 Å². The Morgan fingerprint density at radius 2 is 2.03 bits per heavy atom. The van der Waals surface area contributed by atoms with Gasteiger partial charge in [-0.05, 0) is 32.4 Å². The summed E-state index contributed by atoms with van der Waals surface area (Å²) in [5.74, 6) is 1.22. The lowest BCUT2D eigenvalue weighted by Gasteiger charge is -2.16. The van der Waals surface area contributed by atoms with Crippen molar-refractivity contribution in [2.45, 2.75) is 51.4 Å². The summed E-state index contributed by atoms with van der Waals surface area (Å²) in [6.07, 6.45) is 3.03. The molecule has 0 saturated carbocycles. The van der Waals surface area contributed by atoms with E-state index < -0.39 is 0 Å². The van der Waals surface area contributed by atoms with Gasteiger partial charge in [-0.25, -0.2) is 14.6 Å². The number of amides is 2. The predicted molar refractivity (Wildman–Crippen MR) is 135 cm³/mol. The highest BCUT2D eigenvalue weighted by molar-refractivity contribution is 7.99. The average molecular weight is 482 g/mol. The van der Waals surface area contributed by atoms with E-state index in [1.54, 1.807) is 27.5 Å². The fraction of sp³-hybridized carbons (Fsp3) is 0.458. The van der Waals surface area contributed by atoms with Gasteiger partial charge in [0.2, 0.25) is 11.8 Å². The van der Waals surface area contributed by atoms with Crippen molar-refractivity contribution in [3.8, 4) is 0 Å². The van der Waals surface area contributed by atoms with Gasteiger partial charge < -0.3 is 15.5 Å². The summed E-state index contributed by atoms with van der Waals surface area (Å²) >= 11 is 1.62. The third-order valence-corrected chi connectivity index (χ3v) is 6.58. The summed E-state index contributed by atoms with van der Waals surface area (Å²) in [6.45, 7) is 7.55. The van der Waals surface area contributed by atoms with Gasteiger partial charge in [-0.1, -0.05) is 36.9 Å². The Bertz CT molecular complexity index is 1150. The lowest BCUT2D eigenvalue weighted by atomic mass is 10.1. The van der Waals surface area contributed by atoms with Crippen LogP contribution in [-0.2, 0) is 16.1 Å². The number of para-hydroxylation sites is 1. The van der Waals surface area contributed by atoms with E-state index in [1.807, 2.05) is 30.3 Å². The van der Waals surface area contributed by atoms with E-state index >= 15 is 0 Å². The summed E-state index contributed by atoms with van der Waals surface area (Å²) in [7, 11) is 0.